The summed E-state index contributed by atoms with van der Waals surface area (Å²) in [5, 5.41) is 0. The maximum atomic E-state index is 4.53. The van der Waals surface area contributed by atoms with Crippen molar-refractivity contribution in [3.05, 3.63) is 11.5 Å². The van der Waals surface area contributed by atoms with Gasteiger partial charge in [-0.1, -0.05) is 13.8 Å². The van der Waals surface area contributed by atoms with Crippen molar-refractivity contribution in [3.8, 4) is 0 Å². The zero-order valence-corrected chi connectivity index (χ0v) is 11.0. The summed E-state index contributed by atoms with van der Waals surface area (Å²) in [6.07, 6.45) is 3.80. The van der Waals surface area contributed by atoms with E-state index < -0.39 is 0 Å². The summed E-state index contributed by atoms with van der Waals surface area (Å²) in [5.41, 5.74) is 1.65. The summed E-state index contributed by atoms with van der Waals surface area (Å²) >= 11 is 0. The summed E-state index contributed by atoms with van der Waals surface area (Å²) in [6.45, 7) is 10.2. The molecule has 2 heterocycles. The van der Waals surface area contributed by atoms with Crippen LogP contribution < -0.4 is 0 Å². The number of fused-ring (bicyclic) bond motifs is 1. The monoisotopic (exact) mass is 230 g/mol. The van der Waals surface area contributed by atoms with Crippen molar-refractivity contribution < 1.29 is 0 Å². The maximum absolute atomic E-state index is 4.53. The number of hydrogen-bond acceptors (Lipinski definition) is 4. The molecule has 4 nitrogen and oxygen atoms in total. The molecule has 0 bridgehead atoms. The Hall–Kier alpha value is -1.58. The first-order valence-electron chi connectivity index (χ1n) is 5.88. The zero-order chi connectivity index (χ0) is 12.6. The van der Waals surface area contributed by atoms with Crippen LogP contribution in [0.3, 0.4) is 0 Å². The number of rotatable bonds is 1. The standard InChI is InChI=1S/C13H18N4/c1-8(2)10-11-12(17-9(3)16-10)15-7-13(4,5)6-14-11/h6-8H,1-5H3. The van der Waals surface area contributed by atoms with Gasteiger partial charge in [0.25, 0.3) is 0 Å². The summed E-state index contributed by atoms with van der Waals surface area (Å²) < 4.78 is 0. The van der Waals surface area contributed by atoms with Crippen LogP contribution in [0, 0.1) is 12.3 Å². The molecule has 0 fully saturated rings. The lowest BCUT2D eigenvalue weighted by atomic mass is 9.98. The van der Waals surface area contributed by atoms with E-state index in [0.717, 1.165) is 17.2 Å². The number of aliphatic imine (C=N–C) groups is 2. The summed E-state index contributed by atoms with van der Waals surface area (Å²) in [6, 6.07) is 0. The van der Waals surface area contributed by atoms with Gasteiger partial charge in [0.05, 0.1) is 5.69 Å². The van der Waals surface area contributed by atoms with Gasteiger partial charge in [0.1, 0.15) is 11.5 Å². The Balaban J connectivity index is 2.65. The Morgan fingerprint density at radius 1 is 1.06 bits per heavy atom. The van der Waals surface area contributed by atoms with E-state index in [9.17, 15) is 0 Å². The van der Waals surface area contributed by atoms with Gasteiger partial charge in [-0.25, -0.2) is 15.0 Å². The fourth-order valence-corrected chi connectivity index (χ4v) is 1.68. The first-order valence-corrected chi connectivity index (χ1v) is 5.88. The molecular weight excluding hydrogens is 212 g/mol. The van der Waals surface area contributed by atoms with Crippen LogP contribution in [0.4, 0.5) is 11.5 Å². The molecule has 0 N–H and O–H groups in total. The molecule has 0 aromatic carbocycles. The predicted octanol–water partition coefficient (Wildman–Crippen LogP) is 3.35. The van der Waals surface area contributed by atoms with Crippen molar-refractivity contribution in [1.29, 1.82) is 0 Å². The molecule has 0 atom stereocenters. The molecule has 2 rings (SSSR count). The van der Waals surface area contributed by atoms with Gasteiger partial charge in [-0.15, -0.1) is 0 Å². The fraction of sp³-hybridized carbons (Fsp3) is 0.538. The van der Waals surface area contributed by atoms with E-state index in [1.165, 1.54) is 0 Å². The molecule has 1 aromatic rings. The van der Waals surface area contributed by atoms with Gasteiger partial charge in [0.15, 0.2) is 5.82 Å². The van der Waals surface area contributed by atoms with Gasteiger partial charge in [-0.05, 0) is 26.7 Å². The molecule has 1 aromatic heterocycles. The number of nitrogens with zero attached hydrogens (tertiary/aromatic N) is 4. The smallest absolute Gasteiger partial charge is 0.181 e. The topological polar surface area (TPSA) is 50.5 Å². The van der Waals surface area contributed by atoms with Crippen LogP contribution in [0.15, 0.2) is 9.98 Å². The number of aromatic nitrogens is 2. The highest BCUT2D eigenvalue weighted by molar-refractivity contribution is 5.93. The lowest BCUT2D eigenvalue weighted by Crippen LogP contribution is -2.13. The third-order valence-electron chi connectivity index (χ3n) is 2.60. The Morgan fingerprint density at radius 2 is 1.71 bits per heavy atom. The van der Waals surface area contributed by atoms with Crippen LogP contribution in [0.25, 0.3) is 0 Å². The van der Waals surface area contributed by atoms with Crippen LogP contribution in [-0.4, -0.2) is 22.4 Å². The van der Waals surface area contributed by atoms with Crippen molar-refractivity contribution in [3.63, 3.8) is 0 Å². The Morgan fingerprint density at radius 3 is 2.35 bits per heavy atom. The van der Waals surface area contributed by atoms with Crippen LogP contribution in [-0.2, 0) is 0 Å². The van der Waals surface area contributed by atoms with E-state index >= 15 is 0 Å². The molecule has 0 unspecified atom stereocenters. The summed E-state index contributed by atoms with van der Waals surface area (Å²) in [4.78, 5) is 17.8. The Bertz CT molecular complexity index is 498. The van der Waals surface area contributed by atoms with E-state index in [1.807, 2.05) is 19.4 Å². The minimum absolute atomic E-state index is 0.136. The van der Waals surface area contributed by atoms with Gasteiger partial charge < -0.3 is 0 Å². The Kier molecular flexibility index (Phi) is 2.81. The second-order valence-corrected chi connectivity index (χ2v) is 5.32. The molecule has 0 saturated carbocycles. The number of aryl methyl sites for hydroxylation is 1. The largest absolute Gasteiger partial charge is 0.254 e. The SMILES string of the molecule is Cc1nc2c(c(C(C)C)n1)N=CC(C)(C)C=N2. The molecule has 90 valence electrons. The van der Waals surface area contributed by atoms with Gasteiger partial charge in [-0.3, -0.25) is 4.99 Å². The lowest BCUT2D eigenvalue weighted by molar-refractivity contribution is 0.767. The molecule has 1 aliphatic heterocycles. The molecule has 1 aliphatic rings. The average Bonchev–Trinajstić information content (AvgIpc) is 2.37. The molecule has 0 aliphatic carbocycles. The third kappa shape index (κ3) is 2.40. The van der Waals surface area contributed by atoms with Gasteiger partial charge >= 0.3 is 0 Å². The average molecular weight is 230 g/mol. The third-order valence-corrected chi connectivity index (χ3v) is 2.60. The highest BCUT2D eigenvalue weighted by Crippen LogP contribution is 2.35. The first-order chi connectivity index (χ1) is 7.89. The molecule has 0 spiro atoms. The van der Waals surface area contributed by atoms with E-state index in [0.29, 0.717) is 11.7 Å². The second kappa shape index (κ2) is 4.02. The molecule has 0 radical (unpaired) electrons. The van der Waals surface area contributed by atoms with Crippen LogP contribution in [0.5, 0.6) is 0 Å². The fourth-order valence-electron chi connectivity index (χ4n) is 1.68. The van der Waals surface area contributed by atoms with Crippen LogP contribution in [0.1, 0.15) is 45.1 Å². The molecule has 4 heteroatoms. The van der Waals surface area contributed by atoms with Crippen molar-refractivity contribution in [2.24, 2.45) is 15.4 Å². The summed E-state index contributed by atoms with van der Waals surface area (Å²) in [7, 11) is 0. The maximum Gasteiger partial charge on any atom is 0.181 e. The van der Waals surface area contributed by atoms with Crippen molar-refractivity contribution >= 4 is 23.9 Å². The van der Waals surface area contributed by atoms with Crippen LogP contribution >= 0.6 is 0 Å². The predicted molar refractivity (Wildman–Crippen MR) is 70.9 cm³/mol. The second-order valence-electron chi connectivity index (χ2n) is 5.32. The zero-order valence-electron chi connectivity index (χ0n) is 11.0. The van der Waals surface area contributed by atoms with Crippen molar-refractivity contribution in [1.82, 2.24) is 9.97 Å². The van der Waals surface area contributed by atoms with Crippen molar-refractivity contribution in [2.45, 2.75) is 40.5 Å². The quantitative estimate of drug-likeness (QED) is 0.742. The van der Waals surface area contributed by atoms with Gasteiger partial charge in [0.2, 0.25) is 0 Å². The summed E-state index contributed by atoms with van der Waals surface area (Å²) in [5.74, 6) is 1.75. The minimum Gasteiger partial charge on any atom is -0.254 e. The minimum atomic E-state index is -0.136. The molecule has 17 heavy (non-hydrogen) atoms. The highest BCUT2D eigenvalue weighted by atomic mass is 15.0. The lowest BCUT2D eigenvalue weighted by Gasteiger charge is -2.10. The molecule has 0 amide bonds. The number of hydrogen-bond donors (Lipinski definition) is 0. The van der Waals surface area contributed by atoms with E-state index in [4.69, 9.17) is 0 Å². The normalized spacial score (nSPS) is 17.1. The Labute approximate surface area is 102 Å². The molecular formula is C13H18N4. The van der Waals surface area contributed by atoms with E-state index in [-0.39, 0.29) is 5.41 Å². The van der Waals surface area contributed by atoms with Crippen LogP contribution in [0.2, 0.25) is 0 Å². The van der Waals surface area contributed by atoms with Gasteiger partial charge in [0, 0.05) is 17.8 Å². The molecule has 0 saturated heterocycles. The van der Waals surface area contributed by atoms with Gasteiger partial charge in [-0.2, -0.15) is 0 Å². The highest BCUT2D eigenvalue weighted by Gasteiger charge is 2.20. The first kappa shape index (κ1) is 11.9. The van der Waals surface area contributed by atoms with Crippen molar-refractivity contribution in [2.75, 3.05) is 0 Å². The van der Waals surface area contributed by atoms with E-state index in [1.54, 1.807) is 0 Å². The van der Waals surface area contributed by atoms with E-state index in [2.05, 4.69) is 47.6 Å².